The number of nitrogens with one attached hydrogen (secondary N) is 1. The lowest BCUT2D eigenvalue weighted by molar-refractivity contribution is -0.385. The number of hydrogen-bond acceptors (Lipinski definition) is 7. The number of hydrogen-bond donors (Lipinski definition) is 2. The molecular formula is C20H19N3O5S. The molecule has 1 heterocycles. The molecule has 0 fully saturated rings. The Morgan fingerprint density at radius 3 is 2.62 bits per heavy atom. The highest BCUT2D eigenvalue weighted by atomic mass is 32.2. The Morgan fingerprint density at radius 2 is 1.97 bits per heavy atom. The third kappa shape index (κ3) is 4.94. The maximum atomic E-state index is 12.4. The molecular weight excluding hydrogens is 394 g/mol. The van der Waals surface area contributed by atoms with Crippen molar-refractivity contribution in [2.75, 3.05) is 6.61 Å². The van der Waals surface area contributed by atoms with E-state index < -0.39 is 10.5 Å². The van der Waals surface area contributed by atoms with Crippen LogP contribution in [-0.4, -0.2) is 26.6 Å². The lowest BCUT2D eigenvalue weighted by Gasteiger charge is -2.10. The van der Waals surface area contributed by atoms with Crippen LogP contribution in [0.5, 0.6) is 11.6 Å². The zero-order valence-corrected chi connectivity index (χ0v) is 16.4. The molecule has 0 unspecified atom stereocenters. The van der Waals surface area contributed by atoms with Crippen molar-refractivity contribution in [2.45, 2.75) is 24.3 Å². The van der Waals surface area contributed by atoms with Gasteiger partial charge in [-0.2, -0.15) is 4.98 Å². The summed E-state index contributed by atoms with van der Waals surface area (Å²) in [6.45, 7) is 2.03. The number of H-pyrrole nitrogens is 1. The van der Waals surface area contributed by atoms with Crippen molar-refractivity contribution in [3.05, 3.63) is 85.7 Å². The number of benzene rings is 2. The molecule has 0 saturated carbocycles. The summed E-state index contributed by atoms with van der Waals surface area (Å²) in [5.41, 5.74) is 1.13. The average molecular weight is 413 g/mol. The number of thioether (sulfide) groups is 1. The van der Waals surface area contributed by atoms with Gasteiger partial charge in [0.2, 0.25) is 11.6 Å². The van der Waals surface area contributed by atoms with Crippen LogP contribution in [-0.2, 0) is 12.2 Å². The predicted molar refractivity (Wildman–Crippen MR) is 110 cm³/mol. The van der Waals surface area contributed by atoms with Crippen molar-refractivity contribution in [2.24, 2.45) is 0 Å². The minimum absolute atomic E-state index is 0.118. The van der Waals surface area contributed by atoms with Gasteiger partial charge in [-0.05, 0) is 12.5 Å². The fraction of sp³-hybridized carbons (Fsp3) is 0.200. The van der Waals surface area contributed by atoms with Crippen molar-refractivity contribution in [1.29, 1.82) is 0 Å². The zero-order chi connectivity index (χ0) is 20.8. The van der Waals surface area contributed by atoms with Crippen LogP contribution in [0, 0.1) is 10.1 Å². The fourth-order valence-electron chi connectivity index (χ4n) is 2.78. The number of rotatable bonds is 8. The summed E-state index contributed by atoms with van der Waals surface area (Å²) >= 11 is 1.15. The van der Waals surface area contributed by atoms with Gasteiger partial charge in [0.25, 0.3) is 5.56 Å². The van der Waals surface area contributed by atoms with Gasteiger partial charge < -0.3 is 14.8 Å². The Kier molecular flexibility index (Phi) is 6.50. The summed E-state index contributed by atoms with van der Waals surface area (Å²) < 4.78 is 5.45. The van der Waals surface area contributed by atoms with Gasteiger partial charge in [-0.1, -0.05) is 54.2 Å². The minimum Gasteiger partial charge on any atom is -0.493 e. The smallest absolute Gasteiger partial charge is 0.311 e. The van der Waals surface area contributed by atoms with Gasteiger partial charge in [-0.3, -0.25) is 14.9 Å². The summed E-state index contributed by atoms with van der Waals surface area (Å²) in [5.74, 6) is 0.140. The Labute approximate surface area is 170 Å². The first-order valence-corrected chi connectivity index (χ1v) is 9.86. The second-order valence-electron chi connectivity index (χ2n) is 6.08. The van der Waals surface area contributed by atoms with E-state index >= 15 is 0 Å². The summed E-state index contributed by atoms with van der Waals surface area (Å²) in [4.78, 5) is 29.9. The highest BCUT2D eigenvalue weighted by molar-refractivity contribution is 7.98. The van der Waals surface area contributed by atoms with Gasteiger partial charge in [0.05, 0.1) is 17.1 Å². The Balaban J connectivity index is 1.81. The van der Waals surface area contributed by atoms with Crippen LogP contribution in [0.4, 0.5) is 5.69 Å². The van der Waals surface area contributed by atoms with E-state index in [2.05, 4.69) is 9.97 Å². The standard InChI is InChI=1S/C20H19N3O5S/c1-2-28-17-14(9-6-10-16(17)23(26)27)12-29-20-21-18(24)15(19(25)22-20)11-13-7-4-3-5-8-13/h3-10H,2,11-12H2,1H3,(H2,21,22,24,25). The van der Waals surface area contributed by atoms with Crippen LogP contribution < -0.4 is 10.3 Å². The second-order valence-corrected chi connectivity index (χ2v) is 7.04. The molecule has 8 nitrogen and oxygen atoms in total. The van der Waals surface area contributed by atoms with Crippen LogP contribution in [0.25, 0.3) is 0 Å². The van der Waals surface area contributed by atoms with E-state index in [0.29, 0.717) is 5.56 Å². The summed E-state index contributed by atoms with van der Waals surface area (Å²) in [6.07, 6.45) is 0.263. The molecule has 2 N–H and O–H groups in total. The van der Waals surface area contributed by atoms with Crippen LogP contribution in [0.1, 0.15) is 23.6 Å². The highest BCUT2D eigenvalue weighted by Crippen LogP contribution is 2.34. The molecule has 0 aliphatic heterocycles. The first-order valence-electron chi connectivity index (χ1n) is 8.87. The number of nitro benzene ring substituents is 1. The largest absolute Gasteiger partial charge is 0.493 e. The number of nitro groups is 1. The molecule has 1 aromatic heterocycles. The van der Waals surface area contributed by atoms with Crippen LogP contribution in [0.15, 0.2) is 58.5 Å². The first kappa shape index (κ1) is 20.4. The lowest BCUT2D eigenvalue weighted by atomic mass is 10.1. The minimum atomic E-state index is -0.497. The van der Waals surface area contributed by atoms with E-state index in [-0.39, 0.29) is 46.8 Å². The van der Waals surface area contributed by atoms with Crippen molar-refractivity contribution in [1.82, 2.24) is 9.97 Å². The molecule has 0 atom stereocenters. The molecule has 0 aliphatic rings. The number of para-hydroxylation sites is 1. The van der Waals surface area contributed by atoms with E-state index in [0.717, 1.165) is 17.3 Å². The van der Waals surface area contributed by atoms with Gasteiger partial charge in [0.15, 0.2) is 5.16 Å². The van der Waals surface area contributed by atoms with E-state index in [9.17, 15) is 20.0 Å². The molecule has 0 aliphatic carbocycles. The van der Waals surface area contributed by atoms with Crippen LogP contribution in [0.3, 0.4) is 0 Å². The van der Waals surface area contributed by atoms with Crippen LogP contribution >= 0.6 is 11.8 Å². The third-order valence-corrected chi connectivity index (χ3v) is 5.04. The van der Waals surface area contributed by atoms with Crippen molar-refractivity contribution in [3.63, 3.8) is 0 Å². The van der Waals surface area contributed by atoms with Crippen molar-refractivity contribution in [3.8, 4) is 11.6 Å². The number of aromatic amines is 1. The van der Waals surface area contributed by atoms with Crippen molar-refractivity contribution < 1.29 is 14.8 Å². The summed E-state index contributed by atoms with van der Waals surface area (Å²) in [5, 5.41) is 21.7. The number of aromatic nitrogens is 2. The molecule has 0 radical (unpaired) electrons. The molecule has 9 heteroatoms. The molecule has 29 heavy (non-hydrogen) atoms. The Morgan fingerprint density at radius 1 is 1.21 bits per heavy atom. The van der Waals surface area contributed by atoms with Gasteiger partial charge in [-0.25, -0.2) is 0 Å². The van der Waals surface area contributed by atoms with Gasteiger partial charge in [0, 0.05) is 23.8 Å². The van der Waals surface area contributed by atoms with Gasteiger partial charge >= 0.3 is 5.69 Å². The molecule has 3 aromatic rings. The van der Waals surface area contributed by atoms with Crippen LogP contribution in [0.2, 0.25) is 0 Å². The van der Waals surface area contributed by atoms with Crippen molar-refractivity contribution >= 4 is 17.4 Å². The van der Waals surface area contributed by atoms with E-state index in [1.54, 1.807) is 19.1 Å². The van der Waals surface area contributed by atoms with E-state index in [1.807, 2.05) is 30.3 Å². The molecule has 0 bridgehead atoms. The molecule has 0 saturated heterocycles. The number of nitrogens with zero attached hydrogens (tertiary/aromatic N) is 2. The predicted octanol–water partition coefficient (Wildman–Crippen LogP) is 3.67. The van der Waals surface area contributed by atoms with Gasteiger partial charge in [0.1, 0.15) is 0 Å². The zero-order valence-electron chi connectivity index (χ0n) is 15.6. The Bertz CT molecular complexity index is 1070. The average Bonchev–Trinajstić information content (AvgIpc) is 2.70. The fourth-order valence-corrected chi connectivity index (χ4v) is 3.61. The molecule has 3 rings (SSSR count). The SMILES string of the molecule is CCOc1c(CSc2nc(O)c(Cc3ccccc3)c(=O)[nH]2)cccc1[N+](=O)[O-]. The number of aromatic hydroxyl groups is 1. The second kappa shape index (κ2) is 9.24. The molecule has 0 amide bonds. The highest BCUT2D eigenvalue weighted by Gasteiger charge is 2.19. The lowest BCUT2D eigenvalue weighted by Crippen LogP contribution is -2.15. The normalized spacial score (nSPS) is 10.7. The topological polar surface area (TPSA) is 118 Å². The third-order valence-electron chi connectivity index (χ3n) is 4.12. The van der Waals surface area contributed by atoms with E-state index in [1.165, 1.54) is 6.07 Å². The maximum absolute atomic E-state index is 12.4. The molecule has 2 aromatic carbocycles. The summed E-state index contributed by atoms with van der Waals surface area (Å²) in [7, 11) is 0. The first-order chi connectivity index (χ1) is 14.0. The molecule has 0 spiro atoms. The quantitative estimate of drug-likeness (QED) is 0.250. The maximum Gasteiger partial charge on any atom is 0.311 e. The van der Waals surface area contributed by atoms with Gasteiger partial charge in [-0.15, -0.1) is 0 Å². The molecule has 150 valence electrons. The summed E-state index contributed by atoms with van der Waals surface area (Å²) in [6, 6.07) is 14.0. The Hall–Kier alpha value is -3.33. The van der Waals surface area contributed by atoms with E-state index in [4.69, 9.17) is 4.74 Å². The monoisotopic (exact) mass is 413 g/mol. The number of ether oxygens (including phenoxy) is 1.